The van der Waals surface area contributed by atoms with Gasteiger partial charge in [0, 0.05) is 5.69 Å². The molecule has 1 aromatic heterocycles. The molecule has 2 rings (SSSR count). The molecule has 25 heavy (non-hydrogen) atoms. The lowest BCUT2D eigenvalue weighted by atomic mass is 10.3. The second-order valence-electron chi connectivity index (χ2n) is 4.69. The molecule has 1 aromatic carbocycles. The quantitative estimate of drug-likeness (QED) is 0.643. The van der Waals surface area contributed by atoms with E-state index < -0.39 is 38.7 Å². The SMILES string of the molecule is Cc1nc(F)nc(Nc2ccc(S(=O)(=O)CCOS(=O)(=O)O)cc2)n1. The van der Waals surface area contributed by atoms with Crippen molar-refractivity contribution in [3.05, 3.63) is 36.2 Å². The number of nitrogens with zero attached hydrogens (tertiary/aromatic N) is 3. The molecule has 0 radical (unpaired) electrons. The Balaban J connectivity index is 2.08. The zero-order valence-electron chi connectivity index (χ0n) is 12.7. The summed E-state index contributed by atoms with van der Waals surface area (Å²) in [6.07, 6.45) is -0.951. The van der Waals surface area contributed by atoms with Crippen molar-refractivity contribution in [3.8, 4) is 0 Å². The third-order valence-corrected chi connectivity index (χ3v) is 4.93. The van der Waals surface area contributed by atoms with Crippen molar-refractivity contribution in [2.45, 2.75) is 11.8 Å². The number of nitrogens with one attached hydrogen (secondary N) is 1. The van der Waals surface area contributed by atoms with Gasteiger partial charge in [0.2, 0.25) is 5.95 Å². The van der Waals surface area contributed by atoms with Gasteiger partial charge >= 0.3 is 16.5 Å². The minimum absolute atomic E-state index is 0.0397. The van der Waals surface area contributed by atoms with Crippen molar-refractivity contribution in [2.75, 3.05) is 17.7 Å². The van der Waals surface area contributed by atoms with Crippen LogP contribution in [-0.2, 0) is 24.4 Å². The predicted molar refractivity (Wildman–Crippen MR) is 83.8 cm³/mol. The van der Waals surface area contributed by atoms with Crippen molar-refractivity contribution in [2.24, 2.45) is 0 Å². The normalized spacial score (nSPS) is 12.1. The van der Waals surface area contributed by atoms with Crippen LogP contribution in [0.4, 0.5) is 16.0 Å². The Morgan fingerprint density at radius 1 is 1.12 bits per heavy atom. The first-order valence-electron chi connectivity index (χ1n) is 6.65. The van der Waals surface area contributed by atoms with Crippen LogP contribution in [0.5, 0.6) is 0 Å². The topological polar surface area (TPSA) is 148 Å². The van der Waals surface area contributed by atoms with E-state index in [-0.39, 0.29) is 16.7 Å². The molecule has 13 heteroatoms. The number of aryl methyl sites for hydroxylation is 1. The van der Waals surface area contributed by atoms with E-state index in [4.69, 9.17) is 4.55 Å². The summed E-state index contributed by atoms with van der Waals surface area (Å²) in [4.78, 5) is 10.6. The number of hydrogen-bond acceptors (Lipinski definition) is 9. The molecule has 2 N–H and O–H groups in total. The van der Waals surface area contributed by atoms with Crippen molar-refractivity contribution < 1.29 is 30.0 Å². The summed E-state index contributed by atoms with van der Waals surface area (Å²) < 4.78 is 70.3. The van der Waals surface area contributed by atoms with E-state index in [1.165, 1.54) is 31.2 Å². The Kier molecular flexibility index (Phi) is 5.62. The van der Waals surface area contributed by atoms with E-state index in [1.807, 2.05) is 0 Å². The molecule has 0 bridgehead atoms. The molecule has 0 spiro atoms. The van der Waals surface area contributed by atoms with Crippen LogP contribution < -0.4 is 5.32 Å². The second-order valence-corrected chi connectivity index (χ2v) is 7.89. The summed E-state index contributed by atoms with van der Waals surface area (Å²) in [6, 6.07) is 5.31. The van der Waals surface area contributed by atoms with Gasteiger partial charge in [0.05, 0.1) is 17.3 Å². The maximum atomic E-state index is 13.1. The van der Waals surface area contributed by atoms with Gasteiger partial charge in [-0.25, -0.2) is 12.6 Å². The summed E-state index contributed by atoms with van der Waals surface area (Å²) in [7, 11) is -8.52. The van der Waals surface area contributed by atoms with Gasteiger partial charge in [0.15, 0.2) is 9.84 Å². The van der Waals surface area contributed by atoms with Gasteiger partial charge in [-0.1, -0.05) is 0 Å². The third kappa shape index (κ3) is 5.97. The Hall–Kier alpha value is -2.22. The molecule has 136 valence electrons. The zero-order chi connectivity index (χ0) is 18.7. The molecule has 0 atom stereocenters. The lowest BCUT2D eigenvalue weighted by molar-refractivity contribution is 0.284. The molecule has 0 aliphatic heterocycles. The fourth-order valence-corrected chi connectivity index (χ4v) is 3.24. The van der Waals surface area contributed by atoms with Crippen LogP contribution in [0.1, 0.15) is 5.82 Å². The highest BCUT2D eigenvalue weighted by Gasteiger charge is 2.16. The number of benzene rings is 1. The number of halogens is 1. The van der Waals surface area contributed by atoms with Gasteiger partial charge in [0.25, 0.3) is 0 Å². The average molecular weight is 392 g/mol. The van der Waals surface area contributed by atoms with Gasteiger partial charge in [-0.15, -0.1) is 0 Å². The van der Waals surface area contributed by atoms with Gasteiger partial charge in [-0.05, 0) is 31.2 Å². The number of sulfone groups is 1. The zero-order valence-corrected chi connectivity index (χ0v) is 14.4. The van der Waals surface area contributed by atoms with Crippen molar-refractivity contribution in [1.82, 2.24) is 15.0 Å². The number of aromatic nitrogens is 3. The lowest BCUT2D eigenvalue weighted by Gasteiger charge is -2.07. The molecule has 0 unspecified atom stereocenters. The van der Waals surface area contributed by atoms with Crippen molar-refractivity contribution in [3.63, 3.8) is 0 Å². The molecule has 0 saturated carbocycles. The Bertz CT molecular complexity index is 943. The molecule has 2 aromatic rings. The highest BCUT2D eigenvalue weighted by atomic mass is 32.3. The van der Waals surface area contributed by atoms with Crippen LogP contribution in [0.25, 0.3) is 0 Å². The summed E-state index contributed by atoms with van der Waals surface area (Å²) >= 11 is 0. The van der Waals surface area contributed by atoms with Gasteiger partial charge in [-0.3, -0.25) is 4.55 Å². The van der Waals surface area contributed by atoms with Gasteiger partial charge < -0.3 is 5.32 Å². The minimum Gasteiger partial charge on any atom is -0.324 e. The van der Waals surface area contributed by atoms with Crippen LogP contribution in [0.3, 0.4) is 0 Å². The van der Waals surface area contributed by atoms with Crippen LogP contribution >= 0.6 is 0 Å². The van der Waals surface area contributed by atoms with E-state index >= 15 is 0 Å². The van der Waals surface area contributed by atoms with E-state index in [0.717, 1.165) is 0 Å². The molecular formula is C12H13FN4O6S2. The lowest BCUT2D eigenvalue weighted by Crippen LogP contribution is -2.15. The predicted octanol–water partition coefficient (Wildman–Crippen LogP) is 0.656. The molecule has 0 saturated heterocycles. The third-order valence-electron chi connectivity index (χ3n) is 2.77. The van der Waals surface area contributed by atoms with Crippen LogP contribution in [-0.4, -0.2) is 48.7 Å². The molecule has 0 aliphatic carbocycles. The summed E-state index contributed by atoms with van der Waals surface area (Å²) in [5.74, 6) is -0.507. The van der Waals surface area contributed by atoms with Gasteiger partial charge in [-0.2, -0.15) is 27.8 Å². The van der Waals surface area contributed by atoms with E-state index in [9.17, 15) is 21.2 Å². The van der Waals surface area contributed by atoms with E-state index in [1.54, 1.807) is 0 Å². The second kappa shape index (κ2) is 7.35. The summed E-state index contributed by atoms with van der Waals surface area (Å²) in [5.41, 5.74) is 0.401. The fourth-order valence-electron chi connectivity index (χ4n) is 1.75. The highest BCUT2D eigenvalue weighted by Crippen LogP contribution is 2.18. The molecule has 0 amide bonds. The molecule has 1 heterocycles. The maximum Gasteiger partial charge on any atom is 0.397 e. The number of anilines is 2. The smallest absolute Gasteiger partial charge is 0.324 e. The van der Waals surface area contributed by atoms with Gasteiger partial charge in [0.1, 0.15) is 5.82 Å². The monoisotopic (exact) mass is 392 g/mol. The maximum absolute atomic E-state index is 13.1. The first-order chi connectivity index (χ1) is 11.5. The minimum atomic E-state index is -4.70. The van der Waals surface area contributed by atoms with Crippen molar-refractivity contribution in [1.29, 1.82) is 0 Å². The van der Waals surface area contributed by atoms with Crippen LogP contribution in [0, 0.1) is 13.0 Å². The first kappa shape index (κ1) is 19.1. The Morgan fingerprint density at radius 2 is 1.76 bits per heavy atom. The fraction of sp³-hybridized carbons (Fsp3) is 0.250. The van der Waals surface area contributed by atoms with E-state index in [0.29, 0.717) is 5.69 Å². The number of hydrogen-bond donors (Lipinski definition) is 2. The Labute approximate surface area is 143 Å². The highest BCUT2D eigenvalue weighted by molar-refractivity contribution is 7.91. The van der Waals surface area contributed by atoms with Crippen LogP contribution in [0.2, 0.25) is 0 Å². The van der Waals surface area contributed by atoms with Crippen molar-refractivity contribution >= 4 is 31.9 Å². The van der Waals surface area contributed by atoms with E-state index in [2.05, 4.69) is 24.5 Å². The molecule has 0 aliphatic rings. The summed E-state index contributed by atoms with van der Waals surface area (Å²) in [6.45, 7) is 0.769. The number of rotatable bonds is 7. The largest absolute Gasteiger partial charge is 0.397 e. The summed E-state index contributed by atoms with van der Waals surface area (Å²) in [5, 5.41) is 2.69. The Morgan fingerprint density at radius 3 is 2.32 bits per heavy atom. The average Bonchev–Trinajstić information content (AvgIpc) is 2.45. The molecular weight excluding hydrogens is 379 g/mol. The standard InChI is InChI=1S/C12H13FN4O6S2/c1-8-14-11(13)17-12(15-8)16-9-2-4-10(5-3-9)24(18,19)7-6-23-25(20,21)22/h2-5H,6-7H2,1H3,(H,20,21,22)(H,14,15,16,17). The first-order valence-corrected chi connectivity index (χ1v) is 9.67. The molecule has 10 nitrogen and oxygen atoms in total. The van der Waals surface area contributed by atoms with Crippen LogP contribution in [0.15, 0.2) is 29.2 Å². The molecule has 0 fully saturated rings.